The average Bonchev–Trinajstić information content (AvgIpc) is 2.48. The topological polar surface area (TPSA) is 17.1 Å². The van der Waals surface area contributed by atoms with E-state index in [0.29, 0.717) is 12.0 Å². The van der Waals surface area contributed by atoms with Gasteiger partial charge in [-0.25, -0.2) is 4.39 Å². The summed E-state index contributed by atoms with van der Waals surface area (Å²) >= 11 is 3.45. The van der Waals surface area contributed by atoms with Gasteiger partial charge in [0, 0.05) is 16.5 Å². The fourth-order valence-corrected chi connectivity index (χ4v) is 2.95. The molecule has 0 heterocycles. The molecule has 2 aromatic carbocycles. The van der Waals surface area contributed by atoms with Crippen molar-refractivity contribution in [3.05, 3.63) is 76.4 Å². The maximum absolute atomic E-state index is 13.4. The first-order valence-corrected chi connectivity index (χ1v) is 7.57. The quantitative estimate of drug-likeness (QED) is 0.667. The Morgan fingerprint density at radius 1 is 1.19 bits per heavy atom. The lowest BCUT2D eigenvalue weighted by Gasteiger charge is -2.26. The van der Waals surface area contributed by atoms with Crippen molar-refractivity contribution in [2.24, 2.45) is 0 Å². The number of carbonyl (C=O) groups excluding carboxylic acids is 1. The summed E-state index contributed by atoms with van der Waals surface area (Å²) in [5.41, 5.74) is 1.14. The Kier molecular flexibility index (Phi) is 4.94. The van der Waals surface area contributed by atoms with Crippen LogP contribution in [0.5, 0.6) is 0 Å². The van der Waals surface area contributed by atoms with E-state index in [9.17, 15) is 9.18 Å². The Bertz CT molecular complexity index is 635. The molecule has 21 heavy (non-hydrogen) atoms. The molecule has 0 atom stereocenters. The maximum Gasteiger partial charge on any atom is 0.163 e. The molecule has 0 spiro atoms. The van der Waals surface area contributed by atoms with Crippen molar-refractivity contribution in [1.29, 1.82) is 0 Å². The highest BCUT2D eigenvalue weighted by Gasteiger charge is 2.25. The molecule has 1 nitrogen and oxygen atoms in total. The fourth-order valence-electron chi connectivity index (χ4n) is 2.19. The van der Waals surface area contributed by atoms with Gasteiger partial charge in [0.15, 0.2) is 5.78 Å². The highest BCUT2D eigenvalue weighted by Crippen LogP contribution is 2.34. The molecule has 0 aliphatic heterocycles. The van der Waals surface area contributed by atoms with Crippen molar-refractivity contribution in [2.75, 3.05) is 0 Å². The number of Topliss-reactive ketones (excluding diaryl/α,β-unsaturated/α-hetero) is 1. The predicted molar refractivity (Wildman–Crippen MR) is 86.8 cm³/mol. The molecule has 109 valence electrons. The van der Waals surface area contributed by atoms with E-state index in [-0.39, 0.29) is 11.6 Å². The average molecular weight is 348 g/mol. The molecule has 0 unspecified atom stereocenters. The minimum absolute atomic E-state index is 0.0659. The van der Waals surface area contributed by atoms with Gasteiger partial charge in [0.2, 0.25) is 0 Å². The normalized spacial score (nSPS) is 11.4. The first kappa shape index (κ1) is 15.9. The lowest BCUT2D eigenvalue weighted by Crippen LogP contribution is -2.20. The van der Waals surface area contributed by atoms with E-state index < -0.39 is 5.41 Å². The molecule has 1 radical (unpaired) electrons. The van der Waals surface area contributed by atoms with Crippen LogP contribution in [0.4, 0.5) is 4.39 Å². The van der Waals surface area contributed by atoms with Crippen LogP contribution >= 0.6 is 15.9 Å². The minimum Gasteiger partial charge on any atom is -0.294 e. The van der Waals surface area contributed by atoms with Gasteiger partial charge in [0.1, 0.15) is 5.82 Å². The number of ketones is 1. The van der Waals surface area contributed by atoms with Crippen molar-refractivity contribution in [3.63, 3.8) is 0 Å². The molecule has 0 aliphatic rings. The summed E-state index contributed by atoms with van der Waals surface area (Å²) < 4.78 is 14.3. The standard InChI is InChI=1S/C18H17BrFO/c1-18(2,15-12-14(20)8-9-16(15)19)11-10-17(21)13-6-4-3-5-7-13/h3-9,11-12H,10H2,1-2H3. The first-order valence-electron chi connectivity index (χ1n) is 6.78. The van der Waals surface area contributed by atoms with Gasteiger partial charge in [0.05, 0.1) is 0 Å². The molecule has 2 rings (SSSR count). The highest BCUT2D eigenvalue weighted by molar-refractivity contribution is 9.10. The summed E-state index contributed by atoms with van der Waals surface area (Å²) in [6.45, 7) is 3.95. The number of hydrogen-bond donors (Lipinski definition) is 0. The van der Waals surface area contributed by atoms with Gasteiger partial charge in [-0.2, -0.15) is 0 Å². The van der Waals surface area contributed by atoms with Crippen molar-refractivity contribution in [2.45, 2.75) is 25.7 Å². The van der Waals surface area contributed by atoms with Crippen LogP contribution in [-0.2, 0) is 5.41 Å². The monoisotopic (exact) mass is 347 g/mol. The van der Waals surface area contributed by atoms with Gasteiger partial charge < -0.3 is 0 Å². The number of benzene rings is 2. The molecular formula is C18H17BrFO. The van der Waals surface area contributed by atoms with E-state index in [2.05, 4.69) is 15.9 Å². The Balaban J connectivity index is 2.11. The Hall–Kier alpha value is -1.48. The molecule has 0 aliphatic carbocycles. The van der Waals surface area contributed by atoms with Crippen molar-refractivity contribution >= 4 is 21.7 Å². The second-order valence-electron chi connectivity index (χ2n) is 5.54. The first-order chi connectivity index (χ1) is 9.90. The SMILES string of the molecule is CC(C)([CH]CC(=O)c1ccccc1)c1cc(F)ccc1Br. The Morgan fingerprint density at radius 3 is 2.52 bits per heavy atom. The summed E-state index contributed by atoms with van der Waals surface area (Å²) in [6.07, 6.45) is 2.25. The van der Waals surface area contributed by atoms with Crippen LogP contribution in [0.2, 0.25) is 0 Å². The lowest BCUT2D eigenvalue weighted by atomic mass is 9.79. The van der Waals surface area contributed by atoms with Crippen LogP contribution in [0.3, 0.4) is 0 Å². The van der Waals surface area contributed by atoms with E-state index in [1.165, 1.54) is 12.1 Å². The van der Waals surface area contributed by atoms with Crippen molar-refractivity contribution in [3.8, 4) is 0 Å². The fraction of sp³-hybridized carbons (Fsp3) is 0.222. The second kappa shape index (κ2) is 6.52. The number of hydrogen-bond acceptors (Lipinski definition) is 1. The molecule has 0 saturated heterocycles. The number of rotatable bonds is 5. The molecule has 0 N–H and O–H groups in total. The zero-order valence-electron chi connectivity index (χ0n) is 12.1. The summed E-state index contributed by atoms with van der Waals surface area (Å²) in [5.74, 6) is -0.208. The second-order valence-corrected chi connectivity index (χ2v) is 6.40. The largest absolute Gasteiger partial charge is 0.294 e. The van der Waals surface area contributed by atoms with Gasteiger partial charge in [-0.1, -0.05) is 60.1 Å². The van der Waals surface area contributed by atoms with Gasteiger partial charge >= 0.3 is 0 Å². The maximum atomic E-state index is 13.4. The van der Waals surface area contributed by atoms with Gasteiger partial charge in [-0.3, -0.25) is 4.79 Å². The van der Waals surface area contributed by atoms with Crippen LogP contribution in [0.25, 0.3) is 0 Å². The minimum atomic E-state index is -0.397. The Labute approximate surface area is 133 Å². The van der Waals surface area contributed by atoms with Crippen LogP contribution in [0.1, 0.15) is 36.2 Å². The van der Waals surface area contributed by atoms with E-state index in [0.717, 1.165) is 10.0 Å². The molecule has 0 bridgehead atoms. The zero-order chi connectivity index (χ0) is 15.5. The van der Waals surface area contributed by atoms with E-state index in [1.807, 2.05) is 38.5 Å². The summed E-state index contributed by atoms with van der Waals surface area (Å²) in [7, 11) is 0. The van der Waals surface area contributed by atoms with E-state index in [4.69, 9.17) is 0 Å². The molecule has 2 aromatic rings. The van der Waals surface area contributed by atoms with Crippen LogP contribution in [-0.4, -0.2) is 5.78 Å². The van der Waals surface area contributed by atoms with Crippen LogP contribution in [0.15, 0.2) is 53.0 Å². The third-order valence-corrected chi connectivity index (χ3v) is 4.21. The van der Waals surface area contributed by atoms with E-state index in [1.54, 1.807) is 18.2 Å². The summed E-state index contributed by atoms with van der Waals surface area (Å²) in [5, 5.41) is 0. The summed E-state index contributed by atoms with van der Waals surface area (Å²) in [4.78, 5) is 12.2. The molecule has 0 amide bonds. The van der Waals surface area contributed by atoms with Crippen LogP contribution < -0.4 is 0 Å². The van der Waals surface area contributed by atoms with Gasteiger partial charge in [-0.05, 0) is 35.6 Å². The smallest absolute Gasteiger partial charge is 0.163 e. The molecular weight excluding hydrogens is 331 g/mol. The van der Waals surface area contributed by atoms with Crippen molar-refractivity contribution in [1.82, 2.24) is 0 Å². The number of halogens is 2. The highest BCUT2D eigenvalue weighted by atomic mass is 79.9. The lowest BCUT2D eigenvalue weighted by molar-refractivity contribution is 0.0988. The zero-order valence-corrected chi connectivity index (χ0v) is 13.7. The molecule has 0 fully saturated rings. The predicted octanol–water partition coefficient (Wildman–Crippen LogP) is 5.34. The van der Waals surface area contributed by atoms with E-state index >= 15 is 0 Å². The van der Waals surface area contributed by atoms with Crippen molar-refractivity contribution < 1.29 is 9.18 Å². The van der Waals surface area contributed by atoms with Crippen LogP contribution in [0, 0.1) is 12.2 Å². The van der Waals surface area contributed by atoms with Gasteiger partial charge in [-0.15, -0.1) is 0 Å². The third-order valence-electron chi connectivity index (χ3n) is 3.52. The number of carbonyl (C=O) groups is 1. The van der Waals surface area contributed by atoms with Gasteiger partial charge in [0.25, 0.3) is 0 Å². The molecule has 0 saturated carbocycles. The summed E-state index contributed by atoms with van der Waals surface area (Å²) in [6, 6.07) is 13.8. The third kappa shape index (κ3) is 4.01. The molecule has 0 aromatic heterocycles. The Morgan fingerprint density at radius 2 is 1.86 bits per heavy atom. The molecule has 3 heteroatoms.